The SMILES string of the molecule is C#CCc1ncccn1. The number of aromatic nitrogens is 2. The van der Waals surface area contributed by atoms with E-state index in [-0.39, 0.29) is 0 Å². The second kappa shape index (κ2) is 2.83. The second-order valence-corrected chi connectivity index (χ2v) is 1.55. The van der Waals surface area contributed by atoms with Crippen molar-refractivity contribution in [2.24, 2.45) is 0 Å². The second-order valence-electron chi connectivity index (χ2n) is 1.55. The van der Waals surface area contributed by atoms with Crippen LogP contribution in [0.2, 0.25) is 0 Å². The molecule has 2 heteroatoms. The Morgan fingerprint density at radius 2 is 2.11 bits per heavy atom. The molecule has 0 bridgehead atoms. The van der Waals surface area contributed by atoms with Gasteiger partial charge in [-0.05, 0) is 6.07 Å². The van der Waals surface area contributed by atoms with E-state index in [2.05, 4.69) is 15.9 Å². The Bertz CT molecular complexity index is 210. The highest BCUT2D eigenvalue weighted by Crippen LogP contribution is 1.85. The van der Waals surface area contributed by atoms with Crippen molar-refractivity contribution in [2.75, 3.05) is 0 Å². The first-order valence-corrected chi connectivity index (χ1v) is 2.63. The van der Waals surface area contributed by atoms with Crippen LogP contribution in [0.3, 0.4) is 0 Å². The predicted octanol–water partition coefficient (Wildman–Crippen LogP) is 0.652. The first-order valence-electron chi connectivity index (χ1n) is 2.63. The van der Waals surface area contributed by atoms with Crippen LogP contribution in [0.25, 0.3) is 0 Å². The van der Waals surface area contributed by atoms with Crippen LogP contribution in [0, 0.1) is 12.3 Å². The summed E-state index contributed by atoms with van der Waals surface area (Å²) in [7, 11) is 0. The van der Waals surface area contributed by atoms with Gasteiger partial charge >= 0.3 is 0 Å². The molecular weight excluding hydrogens is 112 g/mol. The summed E-state index contributed by atoms with van der Waals surface area (Å²) in [4.78, 5) is 7.83. The molecule has 0 atom stereocenters. The third kappa shape index (κ3) is 1.54. The van der Waals surface area contributed by atoms with Gasteiger partial charge < -0.3 is 0 Å². The topological polar surface area (TPSA) is 25.8 Å². The van der Waals surface area contributed by atoms with E-state index in [0.29, 0.717) is 12.2 Å². The Labute approximate surface area is 54.0 Å². The first-order chi connectivity index (χ1) is 4.43. The molecule has 0 saturated heterocycles. The Hall–Kier alpha value is -1.36. The summed E-state index contributed by atoms with van der Waals surface area (Å²) in [5.41, 5.74) is 0. The molecule has 0 fully saturated rings. The molecule has 0 amide bonds. The quantitative estimate of drug-likeness (QED) is 0.506. The first kappa shape index (κ1) is 5.77. The van der Waals surface area contributed by atoms with Gasteiger partial charge in [0.1, 0.15) is 5.82 Å². The lowest BCUT2D eigenvalue weighted by molar-refractivity contribution is 1.00. The van der Waals surface area contributed by atoms with E-state index in [9.17, 15) is 0 Å². The predicted molar refractivity (Wildman–Crippen MR) is 34.6 cm³/mol. The molecule has 1 rings (SSSR count). The standard InChI is InChI=1S/C7H6N2/c1-2-4-7-8-5-3-6-9-7/h1,3,5-6H,4H2. The van der Waals surface area contributed by atoms with Gasteiger partial charge in [0.25, 0.3) is 0 Å². The zero-order valence-corrected chi connectivity index (χ0v) is 4.91. The maximum atomic E-state index is 5.03. The Kier molecular flexibility index (Phi) is 1.81. The Morgan fingerprint density at radius 3 is 2.67 bits per heavy atom. The number of terminal acetylenes is 1. The highest BCUT2D eigenvalue weighted by Gasteiger charge is 1.86. The Balaban J connectivity index is 2.76. The minimum absolute atomic E-state index is 0.515. The van der Waals surface area contributed by atoms with Gasteiger partial charge in [0.05, 0.1) is 6.42 Å². The summed E-state index contributed by atoms with van der Waals surface area (Å²) in [5.74, 6) is 3.17. The molecule has 0 N–H and O–H groups in total. The zero-order chi connectivity index (χ0) is 6.53. The maximum absolute atomic E-state index is 5.03. The molecule has 2 nitrogen and oxygen atoms in total. The van der Waals surface area contributed by atoms with Crippen LogP contribution in [0.4, 0.5) is 0 Å². The lowest BCUT2D eigenvalue weighted by Gasteiger charge is -1.87. The normalized spacial score (nSPS) is 8.33. The van der Waals surface area contributed by atoms with E-state index < -0.39 is 0 Å². The van der Waals surface area contributed by atoms with Gasteiger partial charge in [-0.3, -0.25) is 0 Å². The highest BCUT2D eigenvalue weighted by molar-refractivity contribution is 4.99. The van der Waals surface area contributed by atoms with Gasteiger partial charge in [-0.2, -0.15) is 0 Å². The van der Waals surface area contributed by atoms with Crippen molar-refractivity contribution in [3.05, 3.63) is 24.3 Å². The van der Waals surface area contributed by atoms with Gasteiger partial charge in [0, 0.05) is 12.4 Å². The van der Waals surface area contributed by atoms with Crippen LogP contribution >= 0.6 is 0 Å². The van der Waals surface area contributed by atoms with Gasteiger partial charge in [-0.25, -0.2) is 9.97 Å². The molecule has 0 radical (unpaired) electrons. The van der Waals surface area contributed by atoms with Crippen molar-refractivity contribution >= 4 is 0 Å². The summed E-state index contributed by atoms with van der Waals surface area (Å²) >= 11 is 0. The minimum Gasteiger partial charge on any atom is -0.240 e. The van der Waals surface area contributed by atoms with Crippen molar-refractivity contribution in [1.29, 1.82) is 0 Å². The van der Waals surface area contributed by atoms with Crippen LogP contribution in [0.5, 0.6) is 0 Å². The molecule has 1 heterocycles. The lowest BCUT2D eigenvalue weighted by atomic mass is 10.4. The number of rotatable bonds is 1. The summed E-state index contributed by atoms with van der Waals surface area (Å²) in [5, 5.41) is 0. The molecule has 0 unspecified atom stereocenters. The maximum Gasteiger partial charge on any atom is 0.140 e. The van der Waals surface area contributed by atoms with Crippen LogP contribution in [0.15, 0.2) is 18.5 Å². The molecule has 0 aliphatic heterocycles. The molecule has 0 aromatic carbocycles. The van der Waals surface area contributed by atoms with Crippen molar-refractivity contribution in [1.82, 2.24) is 9.97 Å². The Morgan fingerprint density at radius 1 is 1.44 bits per heavy atom. The van der Waals surface area contributed by atoms with Gasteiger partial charge in [0.2, 0.25) is 0 Å². The highest BCUT2D eigenvalue weighted by atomic mass is 14.8. The van der Waals surface area contributed by atoms with E-state index in [1.54, 1.807) is 18.5 Å². The van der Waals surface area contributed by atoms with Crippen LogP contribution in [-0.2, 0) is 6.42 Å². The summed E-state index contributed by atoms with van der Waals surface area (Å²) in [6.45, 7) is 0. The zero-order valence-electron chi connectivity index (χ0n) is 4.91. The average Bonchev–Trinajstić information content (AvgIpc) is 1.91. The van der Waals surface area contributed by atoms with Crippen LogP contribution < -0.4 is 0 Å². The summed E-state index contributed by atoms with van der Waals surface area (Å²) in [6, 6.07) is 1.76. The van der Waals surface area contributed by atoms with Crippen LogP contribution in [0.1, 0.15) is 5.82 Å². The largest absolute Gasteiger partial charge is 0.240 e. The fourth-order valence-electron chi connectivity index (χ4n) is 0.513. The van der Waals surface area contributed by atoms with E-state index >= 15 is 0 Å². The number of hydrogen-bond donors (Lipinski definition) is 0. The molecule has 44 valence electrons. The van der Waals surface area contributed by atoms with Crippen LogP contribution in [-0.4, -0.2) is 9.97 Å². The van der Waals surface area contributed by atoms with E-state index in [0.717, 1.165) is 0 Å². The van der Waals surface area contributed by atoms with Crippen molar-refractivity contribution in [2.45, 2.75) is 6.42 Å². The van der Waals surface area contributed by atoms with Crippen molar-refractivity contribution < 1.29 is 0 Å². The molecule has 0 spiro atoms. The summed E-state index contributed by atoms with van der Waals surface area (Å²) < 4.78 is 0. The van der Waals surface area contributed by atoms with E-state index in [1.807, 2.05) is 0 Å². The third-order valence-electron chi connectivity index (χ3n) is 0.879. The molecule has 1 aromatic rings. The minimum atomic E-state index is 0.515. The molecule has 9 heavy (non-hydrogen) atoms. The number of nitrogens with zero attached hydrogens (tertiary/aromatic N) is 2. The van der Waals surface area contributed by atoms with E-state index in [1.165, 1.54) is 0 Å². The monoisotopic (exact) mass is 118 g/mol. The molecule has 1 aromatic heterocycles. The molecule has 0 aliphatic rings. The number of hydrogen-bond acceptors (Lipinski definition) is 2. The molecular formula is C7H6N2. The van der Waals surface area contributed by atoms with Gasteiger partial charge in [0.15, 0.2) is 0 Å². The van der Waals surface area contributed by atoms with Gasteiger partial charge in [-0.15, -0.1) is 6.42 Å². The summed E-state index contributed by atoms with van der Waals surface area (Å²) in [6.07, 6.45) is 8.91. The molecule has 0 saturated carbocycles. The van der Waals surface area contributed by atoms with E-state index in [4.69, 9.17) is 6.42 Å². The average molecular weight is 118 g/mol. The van der Waals surface area contributed by atoms with Gasteiger partial charge in [-0.1, -0.05) is 5.92 Å². The van der Waals surface area contributed by atoms with Crippen molar-refractivity contribution in [3.8, 4) is 12.3 Å². The smallest absolute Gasteiger partial charge is 0.140 e. The fraction of sp³-hybridized carbons (Fsp3) is 0.143. The lowest BCUT2D eigenvalue weighted by Crippen LogP contribution is -1.89. The molecule has 0 aliphatic carbocycles. The van der Waals surface area contributed by atoms with Crippen molar-refractivity contribution in [3.63, 3.8) is 0 Å². The fourth-order valence-corrected chi connectivity index (χ4v) is 0.513. The third-order valence-corrected chi connectivity index (χ3v) is 0.879.